The molecule has 7 heterocycles. The smallest absolute Gasteiger partial charge is 0.399 e. The molecule has 20 aromatic rings. The van der Waals surface area contributed by atoms with Crippen LogP contribution in [0.5, 0.6) is 0 Å². The molecular formula is C96H70BClN2O2S2. The van der Waals surface area contributed by atoms with Crippen molar-refractivity contribution in [2.24, 2.45) is 0 Å². The Morgan fingerprint density at radius 2 is 0.615 bits per heavy atom. The molecule has 0 atom stereocenters. The first-order valence-electron chi connectivity index (χ1n) is 36.2. The Bertz CT molecular complexity index is 7020. The van der Waals surface area contributed by atoms with Crippen molar-refractivity contribution in [1.82, 2.24) is 8.80 Å². The van der Waals surface area contributed by atoms with Gasteiger partial charge in [0, 0.05) is 99.4 Å². The maximum Gasteiger partial charge on any atom is 0.496 e. The number of thiophene rings is 2. The highest BCUT2D eigenvalue weighted by Crippen LogP contribution is 2.54. The van der Waals surface area contributed by atoms with Crippen molar-refractivity contribution in [3.8, 4) is 55.6 Å². The van der Waals surface area contributed by atoms with Crippen LogP contribution in [0.25, 0.3) is 172 Å². The van der Waals surface area contributed by atoms with E-state index in [1.54, 1.807) is 0 Å². The fourth-order valence-corrected chi connectivity index (χ4v) is 21.1. The van der Waals surface area contributed by atoms with Crippen molar-refractivity contribution in [3.63, 3.8) is 0 Å². The third-order valence-corrected chi connectivity index (χ3v) is 26.9. The van der Waals surface area contributed by atoms with Crippen LogP contribution < -0.4 is 5.46 Å². The molecule has 498 valence electrons. The number of nitrogens with zero attached hydrogens (tertiary/aromatic N) is 2. The molecule has 1 fully saturated rings. The third kappa shape index (κ3) is 8.74. The number of fused-ring (bicyclic) bond motifs is 24. The summed E-state index contributed by atoms with van der Waals surface area (Å²) in [4.78, 5) is 0. The maximum absolute atomic E-state index is 6.46. The fourth-order valence-electron chi connectivity index (χ4n) is 18.2. The molecule has 0 radical (unpaired) electrons. The minimum atomic E-state index is -0.371. The first-order valence-corrected chi connectivity index (χ1v) is 38.3. The quantitative estimate of drug-likeness (QED) is 0.164. The highest BCUT2D eigenvalue weighted by molar-refractivity contribution is 7.27. The zero-order chi connectivity index (χ0) is 70.0. The highest BCUT2D eigenvalue weighted by atomic mass is 35.5. The summed E-state index contributed by atoms with van der Waals surface area (Å²) in [5, 5.41) is 16.5. The molecule has 104 heavy (non-hydrogen) atoms. The monoisotopic (exact) mass is 1390 g/mol. The molecule has 0 spiro atoms. The third-order valence-electron chi connectivity index (χ3n) is 24.1. The Hall–Kier alpha value is -10.6. The Labute approximate surface area is 616 Å². The van der Waals surface area contributed by atoms with E-state index in [-0.39, 0.29) is 29.2 Å². The predicted octanol–water partition coefficient (Wildman–Crippen LogP) is 26.7. The number of hydrogen-bond donors (Lipinski definition) is 0. The first-order chi connectivity index (χ1) is 50.5. The molecule has 1 aliphatic heterocycles. The largest absolute Gasteiger partial charge is 0.496 e. The Kier molecular flexibility index (Phi) is 13.2. The summed E-state index contributed by atoms with van der Waals surface area (Å²) in [7, 11) is -0.371. The van der Waals surface area contributed by atoms with Crippen LogP contribution in [0.4, 0.5) is 0 Å². The standard InChI is InChI=1S/C45H29NS.C33H31BO2S.C18H10ClN/c1-45(2)38-18-5-3-10-30(38)31-22-20-26(24-39(31)45)28-12-7-16-36-37-17-8-13-29(44(37)47-43(28)36)27-21-23-33-35-15-9-14-34-32-11-4-6-19-40(32)46(42(34)35)41(33)25-27;1-31(2)26-15-8-7-11-22(26)23-18-17-20(19-27(23)31)21-12-9-13-24-25-14-10-16-28(30(25)37-29(21)24)34-35-32(3,4)33(5,6)36-34;19-11-8-9-13-15-6-3-5-14-12-4-1-2-7-16(12)20(18(14)15)17(13)10-11/h3-25H,1-2H3;7-19H,1-6H3;1-10H. The van der Waals surface area contributed by atoms with E-state index >= 15 is 0 Å². The second-order valence-corrected chi connectivity index (χ2v) is 33.4. The van der Waals surface area contributed by atoms with Gasteiger partial charge in [-0.2, -0.15) is 0 Å². The molecule has 0 saturated carbocycles. The highest BCUT2D eigenvalue weighted by Gasteiger charge is 2.52. The normalized spacial score (nSPS) is 15.4. The Morgan fingerprint density at radius 1 is 0.279 bits per heavy atom. The summed E-state index contributed by atoms with van der Waals surface area (Å²) >= 11 is 10.0. The molecule has 14 aromatic carbocycles. The summed E-state index contributed by atoms with van der Waals surface area (Å²) < 4.78 is 23.0. The second kappa shape index (κ2) is 22.2. The molecule has 2 aliphatic carbocycles. The molecule has 1 saturated heterocycles. The summed E-state index contributed by atoms with van der Waals surface area (Å²) in [6.07, 6.45) is 0. The van der Waals surface area contributed by atoms with E-state index in [1.807, 2.05) is 28.7 Å². The summed E-state index contributed by atoms with van der Waals surface area (Å²) in [6.45, 7) is 17.9. The molecule has 0 amide bonds. The lowest BCUT2D eigenvalue weighted by Crippen LogP contribution is -2.41. The molecule has 3 aliphatic rings. The fraction of sp³-hybridized carbons (Fsp3) is 0.125. The lowest BCUT2D eigenvalue weighted by atomic mass is 9.78. The number of aromatic nitrogens is 2. The number of para-hydroxylation sites is 4. The summed E-state index contributed by atoms with van der Waals surface area (Å²) in [6, 6.07) is 103. The number of benzene rings is 14. The van der Waals surface area contributed by atoms with E-state index in [0.29, 0.717) is 0 Å². The van der Waals surface area contributed by atoms with E-state index in [4.69, 9.17) is 20.9 Å². The Balaban J connectivity index is 0.000000109. The minimum Gasteiger partial charge on any atom is -0.399 e. The van der Waals surface area contributed by atoms with Gasteiger partial charge in [-0.15, -0.1) is 22.7 Å². The van der Waals surface area contributed by atoms with Crippen LogP contribution in [0.15, 0.2) is 279 Å². The lowest BCUT2D eigenvalue weighted by molar-refractivity contribution is 0.00578. The van der Waals surface area contributed by atoms with Gasteiger partial charge in [0.15, 0.2) is 0 Å². The Morgan fingerprint density at radius 3 is 1.11 bits per heavy atom. The van der Waals surface area contributed by atoms with Crippen molar-refractivity contribution in [2.45, 2.75) is 77.4 Å². The number of halogens is 1. The van der Waals surface area contributed by atoms with E-state index in [1.165, 1.54) is 194 Å². The molecule has 0 N–H and O–H groups in total. The zero-order valence-corrected chi connectivity index (χ0v) is 61.4. The van der Waals surface area contributed by atoms with Gasteiger partial charge in [-0.25, -0.2) is 0 Å². The maximum atomic E-state index is 6.46. The van der Waals surface area contributed by atoms with Gasteiger partial charge in [0.2, 0.25) is 0 Å². The van der Waals surface area contributed by atoms with E-state index in [0.717, 1.165) is 10.5 Å². The summed E-state index contributed by atoms with van der Waals surface area (Å²) in [5.41, 5.74) is 26.8. The van der Waals surface area contributed by atoms with Crippen LogP contribution in [-0.4, -0.2) is 27.1 Å². The number of hydrogen-bond acceptors (Lipinski definition) is 4. The molecular weight excluding hydrogens is 1320 g/mol. The molecule has 8 heteroatoms. The van der Waals surface area contributed by atoms with Crippen LogP contribution >= 0.6 is 34.3 Å². The molecule has 6 aromatic heterocycles. The van der Waals surface area contributed by atoms with Gasteiger partial charge in [0.05, 0.1) is 44.3 Å². The van der Waals surface area contributed by atoms with Gasteiger partial charge in [0.1, 0.15) is 0 Å². The van der Waals surface area contributed by atoms with Crippen LogP contribution in [0.2, 0.25) is 5.02 Å². The lowest BCUT2D eigenvalue weighted by Gasteiger charge is -2.32. The van der Waals surface area contributed by atoms with Crippen molar-refractivity contribution >= 4 is 163 Å². The van der Waals surface area contributed by atoms with Gasteiger partial charge in [-0.05, 0) is 153 Å². The zero-order valence-electron chi connectivity index (χ0n) is 59.0. The van der Waals surface area contributed by atoms with E-state index < -0.39 is 0 Å². The van der Waals surface area contributed by atoms with Crippen LogP contribution in [0, 0.1) is 0 Å². The minimum absolute atomic E-state index is 0.0140. The van der Waals surface area contributed by atoms with Crippen molar-refractivity contribution < 1.29 is 9.31 Å². The first kappa shape index (κ1) is 62.0. The average Bonchev–Trinajstić information content (AvgIpc) is 1.57. The van der Waals surface area contributed by atoms with Gasteiger partial charge in [-0.1, -0.05) is 276 Å². The van der Waals surface area contributed by atoms with Crippen molar-refractivity contribution in [1.29, 1.82) is 0 Å². The van der Waals surface area contributed by atoms with E-state index in [9.17, 15) is 0 Å². The van der Waals surface area contributed by atoms with Crippen LogP contribution in [-0.2, 0) is 20.1 Å². The topological polar surface area (TPSA) is 27.3 Å². The van der Waals surface area contributed by atoms with Crippen molar-refractivity contribution in [3.05, 3.63) is 306 Å². The molecule has 0 bridgehead atoms. The van der Waals surface area contributed by atoms with E-state index in [2.05, 4.69) is 337 Å². The molecule has 0 unspecified atom stereocenters. The molecule has 4 nitrogen and oxygen atoms in total. The predicted molar refractivity (Wildman–Crippen MR) is 447 cm³/mol. The van der Waals surface area contributed by atoms with Gasteiger partial charge >= 0.3 is 7.12 Å². The van der Waals surface area contributed by atoms with Gasteiger partial charge in [0.25, 0.3) is 0 Å². The average molecular weight is 1390 g/mol. The SMILES string of the molecule is CC1(C)c2ccccc2-c2ccc(-c3cccc4c3sc3c(-c5ccc6c7cccc8c9ccccc9n(c6c5)c87)cccc34)cc21.CC1(C)c2ccccc2-c2ccc(-c3cccc4c3sc3c(B5OC(C)(C)C(C)(C)O5)cccc34)cc21.Clc1ccc2c3cccc4c5ccccc5n(c2c1)c43. The van der Waals surface area contributed by atoms with Crippen LogP contribution in [0.1, 0.15) is 77.6 Å². The number of rotatable bonds is 4. The van der Waals surface area contributed by atoms with Crippen LogP contribution in [0.3, 0.4) is 0 Å². The molecule has 23 rings (SSSR count). The summed E-state index contributed by atoms with van der Waals surface area (Å²) in [5.74, 6) is 0. The van der Waals surface area contributed by atoms with Gasteiger partial charge < -0.3 is 18.1 Å². The second-order valence-electron chi connectivity index (χ2n) is 30.9. The van der Waals surface area contributed by atoms with Crippen molar-refractivity contribution in [2.75, 3.05) is 0 Å². The van der Waals surface area contributed by atoms with Gasteiger partial charge in [-0.3, -0.25) is 0 Å².